The van der Waals surface area contributed by atoms with Gasteiger partial charge in [0.2, 0.25) is 10.0 Å². The number of hydrogen-bond donors (Lipinski definition) is 1. The van der Waals surface area contributed by atoms with Gasteiger partial charge in [0.25, 0.3) is 0 Å². The van der Waals surface area contributed by atoms with E-state index in [0.717, 1.165) is 12.2 Å². The Balaban J connectivity index is 2.38. The number of nitrogens with two attached hydrogens (primary N) is 1. The summed E-state index contributed by atoms with van der Waals surface area (Å²) >= 11 is 1.80. The quantitative estimate of drug-likeness (QED) is 0.858. The molecule has 5 nitrogen and oxygen atoms in total. The van der Waals surface area contributed by atoms with Gasteiger partial charge < -0.3 is 5.73 Å². The van der Waals surface area contributed by atoms with Crippen LogP contribution in [0.15, 0.2) is 23.1 Å². The smallest absolute Gasteiger partial charge is 0.244 e. The molecule has 0 spiro atoms. The van der Waals surface area contributed by atoms with Gasteiger partial charge in [0.1, 0.15) is 11.0 Å². The summed E-state index contributed by atoms with van der Waals surface area (Å²) in [6, 6.07) is 6.26. The average Bonchev–Trinajstić information content (AvgIpc) is 2.46. The SMILES string of the molecule is CCC1CN(S(=O)(=O)c2ccc(N)cc2C#N)CCS1. The third-order valence-electron chi connectivity index (χ3n) is 3.30. The molecule has 1 unspecified atom stereocenters. The molecule has 108 valence electrons. The molecule has 7 heteroatoms. The molecule has 0 amide bonds. The number of thioether (sulfide) groups is 1. The second-order valence-corrected chi connectivity index (χ2v) is 7.95. The zero-order valence-corrected chi connectivity index (χ0v) is 12.9. The summed E-state index contributed by atoms with van der Waals surface area (Å²) in [6.45, 7) is 3.04. The van der Waals surface area contributed by atoms with E-state index >= 15 is 0 Å². The minimum absolute atomic E-state index is 0.0518. The largest absolute Gasteiger partial charge is 0.399 e. The van der Waals surface area contributed by atoms with Crippen molar-refractivity contribution in [1.82, 2.24) is 4.31 Å². The van der Waals surface area contributed by atoms with Gasteiger partial charge in [-0.1, -0.05) is 6.92 Å². The van der Waals surface area contributed by atoms with Gasteiger partial charge in [0.15, 0.2) is 0 Å². The van der Waals surface area contributed by atoms with Crippen molar-refractivity contribution in [3.8, 4) is 6.07 Å². The second-order valence-electron chi connectivity index (χ2n) is 4.63. The molecular formula is C13H17N3O2S2. The van der Waals surface area contributed by atoms with E-state index in [1.165, 1.54) is 22.5 Å². The topological polar surface area (TPSA) is 87.2 Å². The molecule has 1 heterocycles. The summed E-state index contributed by atoms with van der Waals surface area (Å²) < 4.78 is 26.8. The van der Waals surface area contributed by atoms with Crippen LogP contribution in [0.4, 0.5) is 5.69 Å². The standard InChI is InChI=1S/C13H17N3O2S2/c1-2-12-9-16(5-6-19-12)20(17,18)13-4-3-11(15)7-10(13)8-14/h3-4,7,12H,2,5-6,9,15H2,1H3. The molecule has 1 saturated heterocycles. The summed E-state index contributed by atoms with van der Waals surface area (Å²) in [6.07, 6.45) is 0.934. The Bertz CT molecular complexity index is 638. The van der Waals surface area contributed by atoms with Crippen LogP contribution in [0.2, 0.25) is 0 Å². The molecule has 2 rings (SSSR count). The highest BCUT2D eigenvalue weighted by Gasteiger charge is 2.31. The first-order chi connectivity index (χ1) is 9.48. The lowest BCUT2D eigenvalue weighted by atomic mass is 10.2. The number of nitriles is 1. The van der Waals surface area contributed by atoms with Crippen molar-refractivity contribution in [2.24, 2.45) is 0 Å². The first kappa shape index (κ1) is 15.2. The van der Waals surface area contributed by atoms with Crippen molar-refractivity contribution in [1.29, 1.82) is 5.26 Å². The number of hydrogen-bond acceptors (Lipinski definition) is 5. The Morgan fingerprint density at radius 2 is 2.30 bits per heavy atom. The van der Waals surface area contributed by atoms with Gasteiger partial charge in [-0.05, 0) is 24.6 Å². The fourth-order valence-corrected chi connectivity index (χ4v) is 5.16. The molecule has 1 atom stereocenters. The molecule has 1 fully saturated rings. The van der Waals surface area contributed by atoms with Gasteiger partial charge in [0.05, 0.1) is 5.56 Å². The lowest BCUT2D eigenvalue weighted by molar-refractivity contribution is 0.416. The third-order valence-corrected chi connectivity index (χ3v) is 6.59. The van der Waals surface area contributed by atoms with Crippen molar-refractivity contribution in [2.45, 2.75) is 23.5 Å². The Kier molecular flexibility index (Phi) is 4.58. The highest BCUT2D eigenvalue weighted by Crippen LogP contribution is 2.28. The van der Waals surface area contributed by atoms with Gasteiger partial charge in [-0.3, -0.25) is 0 Å². The molecule has 0 aromatic heterocycles. The van der Waals surface area contributed by atoms with Gasteiger partial charge in [-0.25, -0.2) is 8.42 Å². The van der Waals surface area contributed by atoms with Gasteiger partial charge >= 0.3 is 0 Å². The van der Waals surface area contributed by atoms with Gasteiger partial charge in [0, 0.05) is 29.8 Å². The van der Waals surface area contributed by atoms with Gasteiger partial charge in [-0.2, -0.15) is 21.3 Å². The molecule has 0 saturated carbocycles. The second kappa shape index (κ2) is 6.04. The molecule has 1 aromatic rings. The summed E-state index contributed by atoms with van der Waals surface area (Å²) in [5, 5.41) is 9.43. The molecule has 2 N–H and O–H groups in total. The zero-order chi connectivity index (χ0) is 14.8. The Morgan fingerprint density at radius 3 is 2.95 bits per heavy atom. The monoisotopic (exact) mass is 311 g/mol. The average molecular weight is 311 g/mol. The predicted octanol–water partition coefficient (Wildman–Crippen LogP) is 1.66. The normalized spacial score (nSPS) is 20.5. The van der Waals surface area contributed by atoms with Crippen LogP contribution in [0.5, 0.6) is 0 Å². The fourth-order valence-electron chi connectivity index (χ4n) is 2.16. The van der Waals surface area contributed by atoms with E-state index in [0.29, 0.717) is 24.0 Å². The van der Waals surface area contributed by atoms with E-state index in [2.05, 4.69) is 6.92 Å². The molecule has 1 aromatic carbocycles. The van der Waals surface area contributed by atoms with E-state index in [4.69, 9.17) is 11.0 Å². The van der Waals surface area contributed by atoms with E-state index in [1.807, 2.05) is 6.07 Å². The van der Waals surface area contributed by atoms with Crippen molar-refractivity contribution in [2.75, 3.05) is 24.6 Å². The number of anilines is 1. The van der Waals surface area contributed by atoms with Crippen molar-refractivity contribution < 1.29 is 8.42 Å². The predicted molar refractivity (Wildman–Crippen MR) is 80.9 cm³/mol. The van der Waals surface area contributed by atoms with Crippen molar-refractivity contribution in [3.63, 3.8) is 0 Å². The highest BCUT2D eigenvalue weighted by atomic mass is 32.2. The lowest BCUT2D eigenvalue weighted by Gasteiger charge is -2.31. The number of benzene rings is 1. The van der Waals surface area contributed by atoms with Crippen LogP contribution in [0, 0.1) is 11.3 Å². The maximum Gasteiger partial charge on any atom is 0.244 e. The molecule has 1 aliphatic heterocycles. The lowest BCUT2D eigenvalue weighted by Crippen LogP contribution is -2.41. The van der Waals surface area contributed by atoms with Crippen LogP contribution in [0.1, 0.15) is 18.9 Å². The molecule has 20 heavy (non-hydrogen) atoms. The minimum atomic E-state index is -3.62. The molecular weight excluding hydrogens is 294 g/mol. The minimum Gasteiger partial charge on any atom is -0.399 e. The summed E-state index contributed by atoms with van der Waals surface area (Å²) in [5.74, 6) is 0.786. The molecule has 0 aliphatic carbocycles. The van der Waals surface area contributed by atoms with E-state index in [1.54, 1.807) is 11.8 Å². The number of rotatable bonds is 3. The molecule has 0 bridgehead atoms. The maximum atomic E-state index is 12.7. The summed E-state index contributed by atoms with van der Waals surface area (Å²) in [5.41, 5.74) is 6.10. The van der Waals surface area contributed by atoms with Crippen LogP contribution in [-0.4, -0.2) is 36.8 Å². The number of sulfonamides is 1. The van der Waals surface area contributed by atoms with Crippen LogP contribution in [-0.2, 0) is 10.0 Å². The van der Waals surface area contributed by atoms with Crippen LogP contribution in [0.3, 0.4) is 0 Å². The number of nitrogen functional groups attached to an aromatic ring is 1. The van der Waals surface area contributed by atoms with Crippen LogP contribution >= 0.6 is 11.8 Å². The first-order valence-corrected chi connectivity index (χ1v) is 8.89. The maximum absolute atomic E-state index is 12.7. The van der Waals surface area contributed by atoms with E-state index in [-0.39, 0.29) is 10.5 Å². The summed E-state index contributed by atoms with van der Waals surface area (Å²) in [7, 11) is -3.62. The Labute approximate surface area is 123 Å². The van der Waals surface area contributed by atoms with Gasteiger partial charge in [-0.15, -0.1) is 0 Å². The van der Waals surface area contributed by atoms with E-state index in [9.17, 15) is 8.42 Å². The first-order valence-electron chi connectivity index (χ1n) is 6.40. The Morgan fingerprint density at radius 1 is 1.55 bits per heavy atom. The van der Waals surface area contributed by atoms with Crippen molar-refractivity contribution in [3.05, 3.63) is 23.8 Å². The number of nitrogens with zero attached hydrogens (tertiary/aromatic N) is 2. The summed E-state index contributed by atoms with van der Waals surface area (Å²) in [4.78, 5) is 0.0518. The van der Waals surface area contributed by atoms with Crippen molar-refractivity contribution >= 4 is 27.5 Å². The highest BCUT2D eigenvalue weighted by molar-refractivity contribution is 8.00. The van der Waals surface area contributed by atoms with Crippen LogP contribution in [0.25, 0.3) is 0 Å². The zero-order valence-electron chi connectivity index (χ0n) is 11.2. The fraction of sp³-hybridized carbons (Fsp3) is 0.462. The Hall–Kier alpha value is -1.23. The van der Waals surface area contributed by atoms with E-state index < -0.39 is 10.0 Å². The van der Waals surface area contributed by atoms with Crippen LogP contribution < -0.4 is 5.73 Å². The third kappa shape index (κ3) is 2.92. The molecule has 0 radical (unpaired) electrons. The molecule has 1 aliphatic rings.